The van der Waals surface area contributed by atoms with Crippen molar-refractivity contribution in [2.75, 3.05) is 19.5 Å². The molecule has 0 bridgehead atoms. The van der Waals surface area contributed by atoms with Crippen molar-refractivity contribution in [2.45, 2.75) is 0 Å². The fourth-order valence-corrected chi connectivity index (χ4v) is 2.66. The molecule has 0 heterocycles. The van der Waals surface area contributed by atoms with Crippen LogP contribution >= 0.6 is 11.6 Å². The zero-order valence-corrected chi connectivity index (χ0v) is 16.5. The molecule has 0 aromatic heterocycles. The van der Waals surface area contributed by atoms with E-state index in [4.69, 9.17) is 21.1 Å². The van der Waals surface area contributed by atoms with Crippen LogP contribution in [0, 0.1) is 0 Å². The maximum atomic E-state index is 6.03. The summed E-state index contributed by atoms with van der Waals surface area (Å²) in [7, 11) is 3.29. The Hall–Kier alpha value is -3.24. The minimum atomic E-state index is 0.694. The second-order valence-electron chi connectivity index (χ2n) is 5.92. The van der Waals surface area contributed by atoms with Crippen LogP contribution in [-0.4, -0.2) is 20.4 Å². The Morgan fingerprint density at radius 3 is 1.96 bits per heavy atom. The normalized spacial score (nSPS) is 11.5. The molecule has 142 valence electrons. The number of halogens is 1. The summed E-state index contributed by atoms with van der Waals surface area (Å²) in [4.78, 5) is 4.49. The molecule has 0 aliphatic rings. The number of rotatable bonds is 7. The van der Waals surface area contributed by atoms with Gasteiger partial charge in [-0.05, 0) is 72.3 Å². The van der Waals surface area contributed by atoms with E-state index >= 15 is 0 Å². The van der Waals surface area contributed by atoms with Crippen LogP contribution in [-0.2, 0) is 0 Å². The first-order valence-corrected chi connectivity index (χ1v) is 9.11. The number of nitrogens with one attached hydrogen (secondary N) is 1. The van der Waals surface area contributed by atoms with E-state index in [1.54, 1.807) is 20.4 Å². The van der Waals surface area contributed by atoms with Gasteiger partial charge in [-0.2, -0.15) is 0 Å². The molecule has 0 saturated carbocycles. The van der Waals surface area contributed by atoms with Crippen LogP contribution < -0.4 is 14.8 Å². The van der Waals surface area contributed by atoms with E-state index in [9.17, 15) is 0 Å². The average molecular weight is 393 g/mol. The molecular formula is C23H21ClN2O2. The van der Waals surface area contributed by atoms with Gasteiger partial charge in [0.2, 0.25) is 0 Å². The number of anilines is 1. The van der Waals surface area contributed by atoms with Crippen molar-refractivity contribution in [3.63, 3.8) is 0 Å². The molecule has 3 rings (SSSR count). The number of aliphatic imine (C=N–C) groups is 1. The van der Waals surface area contributed by atoms with Gasteiger partial charge in [-0.15, -0.1) is 0 Å². The van der Waals surface area contributed by atoms with Crippen LogP contribution in [0.1, 0.15) is 5.56 Å². The first-order chi connectivity index (χ1) is 13.7. The van der Waals surface area contributed by atoms with Crippen molar-refractivity contribution in [1.82, 2.24) is 0 Å². The Bertz CT molecular complexity index is 947. The van der Waals surface area contributed by atoms with Crippen molar-refractivity contribution < 1.29 is 9.47 Å². The van der Waals surface area contributed by atoms with Crippen molar-refractivity contribution >= 4 is 34.9 Å². The van der Waals surface area contributed by atoms with Gasteiger partial charge >= 0.3 is 0 Å². The summed E-state index contributed by atoms with van der Waals surface area (Å²) in [5.41, 5.74) is 3.69. The third kappa shape index (κ3) is 5.38. The van der Waals surface area contributed by atoms with Gasteiger partial charge in [-0.1, -0.05) is 23.7 Å². The lowest BCUT2D eigenvalue weighted by Gasteiger charge is -2.12. The van der Waals surface area contributed by atoms with Crippen LogP contribution in [0.15, 0.2) is 83.9 Å². The largest absolute Gasteiger partial charge is 0.497 e. The van der Waals surface area contributed by atoms with Crippen LogP contribution in [0.2, 0.25) is 5.02 Å². The molecule has 0 fully saturated rings. The Kier molecular flexibility index (Phi) is 6.71. The van der Waals surface area contributed by atoms with Gasteiger partial charge in [-0.3, -0.25) is 4.99 Å². The third-order valence-corrected chi connectivity index (χ3v) is 4.31. The summed E-state index contributed by atoms with van der Waals surface area (Å²) in [6.45, 7) is 0. The molecule has 0 aliphatic carbocycles. The van der Waals surface area contributed by atoms with Gasteiger partial charge in [0.05, 0.1) is 19.9 Å². The lowest BCUT2D eigenvalue weighted by molar-refractivity contribution is 0.415. The highest BCUT2D eigenvalue weighted by atomic mass is 35.5. The summed E-state index contributed by atoms with van der Waals surface area (Å²) in [5, 5.41) is 4.12. The number of methoxy groups -OCH3 is 2. The number of ether oxygens (including phenoxy) is 2. The van der Waals surface area contributed by atoms with Gasteiger partial charge in [0.1, 0.15) is 11.5 Å². The summed E-state index contributed by atoms with van der Waals surface area (Å²) >= 11 is 6.03. The van der Waals surface area contributed by atoms with Crippen LogP contribution in [0.5, 0.6) is 11.5 Å². The lowest BCUT2D eigenvalue weighted by Crippen LogP contribution is -1.99. The number of nitrogens with zero attached hydrogens (tertiary/aromatic N) is 1. The molecule has 0 saturated heterocycles. The molecule has 0 unspecified atom stereocenters. The molecule has 3 aromatic rings. The lowest BCUT2D eigenvalue weighted by atomic mass is 10.1. The summed E-state index contributed by atoms with van der Waals surface area (Å²) < 4.78 is 10.4. The maximum absolute atomic E-state index is 6.03. The third-order valence-electron chi connectivity index (χ3n) is 4.06. The second-order valence-corrected chi connectivity index (χ2v) is 6.35. The first-order valence-electron chi connectivity index (χ1n) is 8.73. The molecule has 28 heavy (non-hydrogen) atoms. The molecule has 0 amide bonds. The number of allylic oxidation sites excluding steroid dienone is 1. The molecule has 0 aliphatic heterocycles. The monoisotopic (exact) mass is 392 g/mol. The van der Waals surface area contributed by atoms with Crippen LogP contribution in [0.3, 0.4) is 0 Å². The van der Waals surface area contributed by atoms with E-state index in [2.05, 4.69) is 10.3 Å². The molecule has 4 nitrogen and oxygen atoms in total. The van der Waals surface area contributed by atoms with E-state index in [-0.39, 0.29) is 0 Å². The first kappa shape index (κ1) is 19.5. The minimum Gasteiger partial charge on any atom is -0.497 e. The van der Waals surface area contributed by atoms with Gasteiger partial charge in [0.15, 0.2) is 0 Å². The van der Waals surface area contributed by atoms with E-state index in [0.717, 1.165) is 34.1 Å². The Balaban J connectivity index is 1.84. The minimum absolute atomic E-state index is 0.694. The Morgan fingerprint density at radius 1 is 0.821 bits per heavy atom. The number of benzene rings is 3. The van der Waals surface area contributed by atoms with Crippen molar-refractivity contribution in [3.05, 3.63) is 89.5 Å². The van der Waals surface area contributed by atoms with Crippen molar-refractivity contribution in [1.29, 1.82) is 0 Å². The highest BCUT2D eigenvalue weighted by Crippen LogP contribution is 2.23. The highest BCUT2D eigenvalue weighted by molar-refractivity contribution is 6.30. The van der Waals surface area contributed by atoms with Crippen LogP contribution in [0.25, 0.3) is 5.70 Å². The standard InChI is InChI=1S/C23H21ClN2O2/c1-27-21-11-7-19(8-12-21)25-16-15-23(17-3-5-18(24)6-4-17)26-20-9-13-22(28-2)14-10-20/h3-16,26H,1-2H3/b23-15-,25-16?. The summed E-state index contributed by atoms with van der Waals surface area (Å²) in [6, 6.07) is 23.0. The molecule has 5 heteroatoms. The zero-order chi connectivity index (χ0) is 19.8. The van der Waals surface area contributed by atoms with E-state index in [1.165, 1.54) is 0 Å². The molecule has 0 atom stereocenters. The SMILES string of the molecule is COc1ccc(N=C/C=C(\Nc2ccc(OC)cc2)c2ccc(Cl)cc2)cc1. The average Bonchev–Trinajstić information content (AvgIpc) is 2.74. The van der Waals surface area contributed by atoms with Gasteiger partial charge < -0.3 is 14.8 Å². The predicted octanol–water partition coefficient (Wildman–Crippen LogP) is 6.21. The predicted molar refractivity (Wildman–Crippen MR) is 117 cm³/mol. The molecule has 3 aromatic carbocycles. The van der Waals surface area contributed by atoms with E-state index in [1.807, 2.05) is 78.9 Å². The Labute approximate surface area is 170 Å². The van der Waals surface area contributed by atoms with Gasteiger partial charge in [0.25, 0.3) is 0 Å². The molecule has 0 spiro atoms. The molecule has 0 radical (unpaired) electrons. The van der Waals surface area contributed by atoms with Crippen molar-refractivity contribution in [3.8, 4) is 11.5 Å². The quantitative estimate of drug-likeness (QED) is 0.486. The topological polar surface area (TPSA) is 42.8 Å². The number of hydrogen-bond acceptors (Lipinski definition) is 4. The van der Waals surface area contributed by atoms with E-state index in [0.29, 0.717) is 5.02 Å². The molecule has 1 N–H and O–H groups in total. The molecular weight excluding hydrogens is 372 g/mol. The smallest absolute Gasteiger partial charge is 0.119 e. The zero-order valence-electron chi connectivity index (χ0n) is 15.7. The second kappa shape index (κ2) is 9.62. The van der Waals surface area contributed by atoms with Gasteiger partial charge in [0, 0.05) is 22.6 Å². The maximum Gasteiger partial charge on any atom is 0.119 e. The summed E-state index contributed by atoms with van der Waals surface area (Å²) in [5.74, 6) is 1.61. The van der Waals surface area contributed by atoms with Crippen molar-refractivity contribution in [2.24, 2.45) is 4.99 Å². The Morgan fingerprint density at radius 2 is 1.39 bits per heavy atom. The highest BCUT2D eigenvalue weighted by Gasteiger charge is 2.03. The number of hydrogen-bond donors (Lipinski definition) is 1. The fourth-order valence-electron chi connectivity index (χ4n) is 2.54. The van der Waals surface area contributed by atoms with Gasteiger partial charge in [-0.25, -0.2) is 0 Å². The van der Waals surface area contributed by atoms with E-state index < -0.39 is 0 Å². The van der Waals surface area contributed by atoms with Crippen LogP contribution in [0.4, 0.5) is 11.4 Å². The summed E-state index contributed by atoms with van der Waals surface area (Å²) in [6.07, 6.45) is 3.69. The fraction of sp³-hybridized carbons (Fsp3) is 0.0870.